The smallest absolute Gasteiger partial charge is 0.360 e. The van der Waals surface area contributed by atoms with E-state index in [1.165, 1.54) is 6.07 Å². The van der Waals surface area contributed by atoms with E-state index in [1.54, 1.807) is 36.9 Å². The molecule has 2 atom stereocenters. The molecule has 0 bridgehead atoms. The third-order valence-electron chi connectivity index (χ3n) is 5.32. The van der Waals surface area contributed by atoms with E-state index in [1.807, 2.05) is 13.1 Å². The van der Waals surface area contributed by atoms with Crippen LogP contribution >= 0.6 is 23.2 Å². The summed E-state index contributed by atoms with van der Waals surface area (Å²) < 4.78 is 16.7. The Hall–Kier alpha value is -3.17. The maximum absolute atomic E-state index is 13.9. The van der Waals surface area contributed by atoms with Gasteiger partial charge in [-0.3, -0.25) is 9.67 Å². The number of Topliss-reactive ketones (excluding diaryl/α,β-unsaturated/α-hetero) is 1. The number of benzene rings is 1. The molecule has 34 heavy (non-hydrogen) atoms. The van der Waals surface area contributed by atoms with Crippen molar-refractivity contribution in [3.8, 4) is 11.3 Å². The summed E-state index contributed by atoms with van der Waals surface area (Å²) in [6.07, 6.45) is 3.18. The number of carbonyl (C=O) groups excluding carboxylic acids is 1. The number of hydrogen-bond donors (Lipinski definition) is 1. The molecule has 1 aromatic carbocycles. The van der Waals surface area contributed by atoms with Gasteiger partial charge in [-0.15, -0.1) is 4.73 Å². The standard InChI is InChI=1S/C23H22Cl2FN5O3/c1-12(8-13(2)32)10-30-11-15(9-27-30)18-6-7-19-22(28-18)29-23(33)31(19)34-14(3)20-16(24)4-5-17(26)21(20)25/h4-7,9,11-12,14H,8,10H2,1-3H3,(H,28,29,33). The van der Waals surface area contributed by atoms with Crippen molar-refractivity contribution in [2.24, 2.45) is 5.92 Å². The molecule has 0 saturated carbocycles. The lowest BCUT2D eigenvalue weighted by molar-refractivity contribution is -0.117. The minimum atomic E-state index is -0.817. The van der Waals surface area contributed by atoms with Crippen molar-refractivity contribution in [3.05, 3.63) is 68.6 Å². The second-order valence-electron chi connectivity index (χ2n) is 8.26. The van der Waals surface area contributed by atoms with Crippen LogP contribution in [-0.4, -0.2) is 30.3 Å². The first-order valence-corrected chi connectivity index (χ1v) is 11.3. The van der Waals surface area contributed by atoms with Gasteiger partial charge in [0.15, 0.2) is 11.8 Å². The van der Waals surface area contributed by atoms with E-state index in [-0.39, 0.29) is 27.3 Å². The SMILES string of the molecule is CC(=O)CC(C)Cn1cc(-c2ccc3c(n2)[nH]c(=O)n3OC(C)c2c(Cl)ccc(F)c2Cl)cn1. The fraction of sp³-hybridized carbons (Fsp3) is 0.304. The molecular weight excluding hydrogens is 484 g/mol. The molecule has 4 rings (SSSR count). The van der Waals surface area contributed by atoms with Gasteiger partial charge >= 0.3 is 5.69 Å². The highest BCUT2D eigenvalue weighted by Gasteiger charge is 2.21. The van der Waals surface area contributed by atoms with Crippen LogP contribution in [0.15, 0.2) is 41.5 Å². The van der Waals surface area contributed by atoms with Gasteiger partial charge in [0.25, 0.3) is 0 Å². The zero-order valence-electron chi connectivity index (χ0n) is 18.7. The van der Waals surface area contributed by atoms with Crippen molar-refractivity contribution in [1.29, 1.82) is 0 Å². The van der Waals surface area contributed by atoms with Gasteiger partial charge in [0.05, 0.1) is 16.9 Å². The van der Waals surface area contributed by atoms with Crippen LogP contribution < -0.4 is 10.5 Å². The molecule has 0 aliphatic rings. The fourth-order valence-electron chi connectivity index (χ4n) is 3.83. The van der Waals surface area contributed by atoms with Crippen LogP contribution in [0.2, 0.25) is 10.0 Å². The van der Waals surface area contributed by atoms with Gasteiger partial charge in [0, 0.05) is 35.3 Å². The Morgan fingerprint density at radius 3 is 2.74 bits per heavy atom. The van der Waals surface area contributed by atoms with Gasteiger partial charge in [-0.2, -0.15) is 5.10 Å². The first kappa shape index (κ1) is 24.0. The molecule has 3 heterocycles. The third-order valence-corrected chi connectivity index (χ3v) is 6.03. The number of halogens is 3. The number of ketones is 1. The van der Waals surface area contributed by atoms with E-state index in [0.29, 0.717) is 29.8 Å². The van der Waals surface area contributed by atoms with Gasteiger partial charge in [-0.05, 0) is 44.0 Å². The summed E-state index contributed by atoms with van der Waals surface area (Å²) in [6, 6.07) is 5.97. The number of nitrogens with one attached hydrogen (secondary N) is 1. The molecule has 11 heteroatoms. The highest BCUT2D eigenvalue weighted by molar-refractivity contribution is 6.36. The zero-order valence-corrected chi connectivity index (χ0v) is 20.2. The molecule has 0 amide bonds. The second kappa shape index (κ2) is 9.60. The number of hydrogen-bond acceptors (Lipinski definition) is 5. The summed E-state index contributed by atoms with van der Waals surface area (Å²) in [5, 5.41) is 4.41. The molecule has 0 aliphatic heterocycles. The number of fused-ring (bicyclic) bond motifs is 1. The Morgan fingerprint density at radius 2 is 2.00 bits per heavy atom. The fourth-order valence-corrected chi connectivity index (χ4v) is 4.51. The molecule has 178 valence electrons. The van der Waals surface area contributed by atoms with Gasteiger partial charge in [0.1, 0.15) is 17.1 Å². The summed E-state index contributed by atoms with van der Waals surface area (Å²) in [4.78, 5) is 36.8. The average Bonchev–Trinajstić information content (AvgIpc) is 3.34. The van der Waals surface area contributed by atoms with Crippen molar-refractivity contribution < 1.29 is 14.0 Å². The normalized spacial score (nSPS) is 13.2. The van der Waals surface area contributed by atoms with Crippen molar-refractivity contribution in [1.82, 2.24) is 24.5 Å². The quantitative estimate of drug-likeness (QED) is 0.345. The number of aromatic nitrogens is 5. The Balaban J connectivity index is 1.59. The minimum absolute atomic E-state index is 0.138. The molecule has 0 aliphatic carbocycles. The van der Waals surface area contributed by atoms with E-state index in [0.717, 1.165) is 16.4 Å². The van der Waals surface area contributed by atoms with Crippen LogP contribution in [0.25, 0.3) is 22.4 Å². The molecule has 1 N–H and O–H groups in total. The molecule has 0 radical (unpaired) electrons. The topological polar surface area (TPSA) is 94.8 Å². The number of aromatic amines is 1. The molecule has 3 aromatic heterocycles. The number of imidazole rings is 1. The van der Waals surface area contributed by atoms with Crippen LogP contribution in [0.5, 0.6) is 0 Å². The summed E-state index contributed by atoms with van der Waals surface area (Å²) in [6.45, 7) is 5.78. The van der Waals surface area contributed by atoms with Gasteiger partial charge in [-0.25, -0.2) is 14.2 Å². The van der Waals surface area contributed by atoms with E-state index in [2.05, 4.69) is 15.1 Å². The van der Waals surface area contributed by atoms with E-state index >= 15 is 0 Å². The highest BCUT2D eigenvalue weighted by atomic mass is 35.5. The van der Waals surface area contributed by atoms with Crippen LogP contribution in [0.3, 0.4) is 0 Å². The largest absolute Gasteiger partial charge is 0.401 e. The molecule has 4 aromatic rings. The number of rotatable bonds is 8. The van der Waals surface area contributed by atoms with Crippen LogP contribution in [0, 0.1) is 11.7 Å². The summed E-state index contributed by atoms with van der Waals surface area (Å²) in [5.74, 6) is -0.338. The number of carbonyl (C=O) groups is 1. The minimum Gasteiger partial charge on any atom is -0.401 e. The van der Waals surface area contributed by atoms with Crippen molar-refractivity contribution in [2.75, 3.05) is 0 Å². The lowest BCUT2D eigenvalue weighted by Gasteiger charge is -2.17. The van der Waals surface area contributed by atoms with E-state index in [9.17, 15) is 14.0 Å². The van der Waals surface area contributed by atoms with Crippen LogP contribution in [0.1, 0.15) is 38.9 Å². The predicted molar refractivity (Wildman–Crippen MR) is 127 cm³/mol. The van der Waals surface area contributed by atoms with E-state index < -0.39 is 17.6 Å². The van der Waals surface area contributed by atoms with Gasteiger partial charge in [0.2, 0.25) is 0 Å². The van der Waals surface area contributed by atoms with Crippen LogP contribution in [-0.2, 0) is 11.3 Å². The Bertz CT molecular complexity index is 1430. The first-order chi connectivity index (χ1) is 16.1. The zero-order chi connectivity index (χ0) is 24.6. The van der Waals surface area contributed by atoms with Gasteiger partial charge in [-0.1, -0.05) is 30.1 Å². The van der Waals surface area contributed by atoms with E-state index in [4.69, 9.17) is 28.0 Å². The Kier molecular flexibility index (Phi) is 6.77. The Labute approximate surface area is 204 Å². The lowest BCUT2D eigenvalue weighted by Crippen LogP contribution is -2.26. The number of nitrogens with zero attached hydrogens (tertiary/aromatic N) is 4. The maximum Gasteiger partial charge on any atom is 0.360 e. The lowest BCUT2D eigenvalue weighted by atomic mass is 10.1. The number of pyridine rings is 1. The molecule has 0 fully saturated rings. The summed E-state index contributed by atoms with van der Waals surface area (Å²) in [5.41, 5.74) is 1.76. The first-order valence-electron chi connectivity index (χ1n) is 10.6. The van der Waals surface area contributed by atoms with Crippen molar-refractivity contribution in [2.45, 2.75) is 39.8 Å². The van der Waals surface area contributed by atoms with Crippen LogP contribution in [0.4, 0.5) is 4.39 Å². The molecule has 0 saturated heterocycles. The predicted octanol–water partition coefficient (Wildman–Crippen LogP) is 4.84. The molecule has 8 nitrogen and oxygen atoms in total. The molecular formula is C23H22Cl2FN5O3. The summed E-state index contributed by atoms with van der Waals surface area (Å²) >= 11 is 12.2. The highest BCUT2D eigenvalue weighted by Crippen LogP contribution is 2.33. The third kappa shape index (κ3) is 4.85. The average molecular weight is 506 g/mol. The Morgan fingerprint density at radius 1 is 1.24 bits per heavy atom. The van der Waals surface area contributed by atoms with Gasteiger partial charge < -0.3 is 9.63 Å². The van der Waals surface area contributed by atoms with Crippen molar-refractivity contribution in [3.63, 3.8) is 0 Å². The maximum atomic E-state index is 13.9. The number of H-pyrrole nitrogens is 1. The molecule has 0 spiro atoms. The molecule has 2 unspecified atom stereocenters. The van der Waals surface area contributed by atoms with Crippen molar-refractivity contribution >= 4 is 40.1 Å². The second-order valence-corrected chi connectivity index (χ2v) is 9.04. The summed E-state index contributed by atoms with van der Waals surface area (Å²) in [7, 11) is 0. The monoisotopic (exact) mass is 505 g/mol.